The molecule has 0 aliphatic carbocycles. The summed E-state index contributed by atoms with van der Waals surface area (Å²) in [5.74, 6) is -1.31. The summed E-state index contributed by atoms with van der Waals surface area (Å²) in [5.41, 5.74) is 0. The van der Waals surface area contributed by atoms with Crippen LogP contribution >= 0.6 is 0 Å². The Morgan fingerprint density at radius 1 is 1.20 bits per heavy atom. The van der Waals surface area contributed by atoms with Crippen LogP contribution in [-0.2, 0) is 9.59 Å². The maximum atomic E-state index is 11.5. The van der Waals surface area contributed by atoms with Crippen LogP contribution in [0.5, 0.6) is 0 Å². The van der Waals surface area contributed by atoms with Crippen molar-refractivity contribution in [3.8, 4) is 0 Å². The van der Waals surface area contributed by atoms with Crippen LogP contribution in [0.1, 0.15) is 40.5 Å². The minimum atomic E-state index is -0.957. The number of carboxylic acids is 1. The summed E-state index contributed by atoms with van der Waals surface area (Å²) in [4.78, 5) is 22.5. The normalized spacial score (nSPS) is 16.5. The summed E-state index contributed by atoms with van der Waals surface area (Å²) in [7, 11) is 0. The molecule has 1 amide bonds. The van der Waals surface area contributed by atoms with E-state index in [0.717, 1.165) is 12.8 Å². The first-order valence-corrected chi connectivity index (χ1v) is 5.47. The molecule has 0 rings (SSSR count). The summed E-state index contributed by atoms with van der Waals surface area (Å²) >= 11 is 0. The fourth-order valence-electron chi connectivity index (χ4n) is 1.16. The Hall–Kier alpha value is -1.06. The first kappa shape index (κ1) is 13.9. The van der Waals surface area contributed by atoms with Crippen LogP contribution < -0.4 is 5.32 Å². The molecular weight excluding hydrogens is 194 g/mol. The Morgan fingerprint density at radius 3 is 2.07 bits per heavy atom. The van der Waals surface area contributed by atoms with Crippen molar-refractivity contribution in [3.05, 3.63) is 0 Å². The molecule has 4 heteroatoms. The lowest BCUT2D eigenvalue weighted by atomic mass is 9.98. The van der Waals surface area contributed by atoms with E-state index in [9.17, 15) is 9.59 Å². The Labute approximate surface area is 91.1 Å². The number of carbonyl (C=O) groups excluding carboxylic acids is 1. The molecule has 0 aliphatic rings. The fraction of sp³-hybridized carbons (Fsp3) is 0.818. The van der Waals surface area contributed by atoms with Crippen molar-refractivity contribution in [2.45, 2.75) is 46.6 Å². The molecule has 0 spiro atoms. The lowest BCUT2D eigenvalue weighted by Gasteiger charge is -2.21. The lowest BCUT2D eigenvalue weighted by Crippen LogP contribution is -2.46. The number of aliphatic carboxylic acids is 1. The Balaban J connectivity index is 4.42. The highest BCUT2D eigenvalue weighted by atomic mass is 16.4. The quantitative estimate of drug-likeness (QED) is 0.708. The monoisotopic (exact) mass is 215 g/mol. The fourth-order valence-corrected chi connectivity index (χ4v) is 1.16. The van der Waals surface area contributed by atoms with E-state index in [0.29, 0.717) is 0 Å². The van der Waals surface area contributed by atoms with Gasteiger partial charge in [-0.05, 0) is 12.3 Å². The average Bonchev–Trinajstić information content (AvgIpc) is 2.22. The zero-order valence-corrected chi connectivity index (χ0v) is 9.91. The molecule has 88 valence electrons. The number of carboxylic acid groups (broad SMARTS) is 1. The minimum absolute atomic E-state index is 0.0458. The average molecular weight is 215 g/mol. The van der Waals surface area contributed by atoms with Crippen molar-refractivity contribution in [1.82, 2.24) is 5.32 Å². The molecule has 0 aromatic carbocycles. The van der Waals surface area contributed by atoms with E-state index >= 15 is 0 Å². The molecule has 0 radical (unpaired) electrons. The third kappa shape index (κ3) is 4.32. The highest BCUT2D eigenvalue weighted by molar-refractivity contribution is 5.84. The van der Waals surface area contributed by atoms with Gasteiger partial charge < -0.3 is 10.4 Å². The molecule has 0 aromatic heterocycles. The second kappa shape index (κ2) is 6.43. The third-order valence-corrected chi connectivity index (χ3v) is 2.84. The predicted molar refractivity (Wildman–Crippen MR) is 58.5 cm³/mol. The van der Waals surface area contributed by atoms with Gasteiger partial charge in [-0.2, -0.15) is 0 Å². The van der Waals surface area contributed by atoms with Gasteiger partial charge in [0.15, 0.2) is 0 Å². The van der Waals surface area contributed by atoms with Crippen LogP contribution in [0.3, 0.4) is 0 Å². The lowest BCUT2D eigenvalue weighted by molar-refractivity contribution is -0.143. The van der Waals surface area contributed by atoms with E-state index in [2.05, 4.69) is 5.32 Å². The van der Waals surface area contributed by atoms with Crippen molar-refractivity contribution in [1.29, 1.82) is 0 Å². The van der Waals surface area contributed by atoms with Crippen LogP contribution in [0.4, 0.5) is 0 Å². The van der Waals surface area contributed by atoms with E-state index in [1.54, 1.807) is 6.92 Å². The minimum Gasteiger partial charge on any atom is -0.480 e. The Bertz CT molecular complexity index is 228. The molecule has 0 saturated carbocycles. The van der Waals surface area contributed by atoms with Crippen LogP contribution in [0, 0.1) is 11.8 Å². The number of hydrogen-bond donors (Lipinski definition) is 2. The second-order valence-corrected chi connectivity index (χ2v) is 4.02. The number of rotatable bonds is 6. The molecule has 0 unspecified atom stereocenters. The molecule has 15 heavy (non-hydrogen) atoms. The van der Waals surface area contributed by atoms with Crippen molar-refractivity contribution in [2.24, 2.45) is 11.8 Å². The maximum absolute atomic E-state index is 11.5. The first-order valence-electron chi connectivity index (χ1n) is 5.47. The summed E-state index contributed by atoms with van der Waals surface area (Å²) in [6.45, 7) is 7.44. The second-order valence-electron chi connectivity index (χ2n) is 4.02. The van der Waals surface area contributed by atoms with Gasteiger partial charge in [-0.15, -0.1) is 0 Å². The van der Waals surface area contributed by atoms with E-state index in [-0.39, 0.29) is 17.7 Å². The Kier molecular flexibility index (Phi) is 5.97. The number of amides is 1. The molecule has 0 fully saturated rings. The topological polar surface area (TPSA) is 66.4 Å². The first-order chi connectivity index (χ1) is 6.93. The van der Waals surface area contributed by atoms with E-state index in [1.807, 2.05) is 20.8 Å². The van der Waals surface area contributed by atoms with Crippen LogP contribution in [0.15, 0.2) is 0 Å². The molecule has 4 nitrogen and oxygen atoms in total. The standard InChI is InChI=1S/C11H21NO3/c1-5-7(3)9(11(14)15)12-10(13)8(4)6-2/h7-9H,5-6H2,1-4H3,(H,12,13)(H,14,15)/t7-,8-,9+/m0/s1. The third-order valence-electron chi connectivity index (χ3n) is 2.84. The SMILES string of the molecule is CC[C@H](C)C(=O)N[C@@H](C(=O)O)[C@@H](C)CC. The predicted octanol–water partition coefficient (Wildman–Crippen LogP) is 1.65. The summed E-state index contributed by atoms with van der Waals surface area (Å²) in [6.07, 6.45) is 1.45. The van der Waals surface area contributed by atoms with Gasteiger partial charge in [-0.1, -0.05) is 34.1 Å². The molecule has 3 atom stereocenters. The smallest absolute Gasteiger partial charge is 0.326 e. The van der Waals surface area contributed by atoms with Gasteiger partial charge in [0.25, 0.3) is 0 Å². The highest BCUT2D eigenvalue weighted by Crippen LogP contribution is 2.09. The van der Waals surface area contributed by atoms with Gasteiger partial charge in [-0.3, -0.25) is 4.79 Å². The molecule has 0 saturated heterocycles. The van der Waals surface area contributed by atoms with Gasteiger partial charge in [0, 0.05) is 5.92 Å². The van der Waals surface area contributed by atoms with Crippen LogP contribution in [0.2, 0.25) is 0 Å². The largest absolute Gasteiger partial charge is 0.480 e. The van der Waals surface area contributed by atoms with Crippen molar-refractivity contribution >= 4 is 11.9 Å². The van der Waals surface area contributed by atoms with Crippen molar-refractivity contribution in [3.63, 3.8) is 0 Å². The van der Waals surface area contributed by atoms with Gasteiger partial charge in [-0.25, -0.2) is 4.79 Å². The number of carbonyl (C=O) groups is 2. The summed E-state index contributed by atoms with van der Waals surface area (Å²) < 4.78 is 0. The van der Waals surface area contributed by atoms with Crippen LogP contribution in [-0.4, -0.2) is 23.0 Å². The molecular formula is C11H21NO3. The van der Waals surface area contributed by atoms with Gasteiger partial charge >= 0.3 is 5.97 Å². The van der Waals surface area contributed by atoms with Crippen LogP contribution in [0.25, 0.3) is 0 Å². The van der Waals surface area contributed by atoms with Crippen molar-refractivity contribution in [2.75, 3.05) is 0 Å². The summed E-state index contributed by atoms with van der Waals surface area (Å²) in [5, 5.41) is 11.5. The maximum Gasteiger partial charge on any atom is 0.326 e. The van der Waals surface area contributed by atoms with E-state index < -0.39 is 12.0 Å². The van der Waals surface area contributed by atoms with E-state index in [4.69, 9.17) is 5.11 Å². The zero-order chi connectivity index (χ0) is 12.0. The Morgan fingerprint density at radius 2 is 1.73 bits per heavy atom. The van der Waals surface area contributed by atoms with Gasteiger partial charge in [0.2, 0.25) is 5.91 Å². The number of hydrogen-bond acceptors (Lipinski definition) is 2. The number of nitrogens with one attached hydrogen (secondary N) is 1. The summed E-state index contributed by atoms with van der Waals surface area (Å²) in [6, 6.07) is -0.767. The molecule has 0 heterocycles. The highest BCUT2D eigenvalue weighted by Gasteiger charge is 2.26. The van der Waals surface area contributed by atoms with Gasteiger partial charge in [0.05, 0.1) is 0 Å². The molecule has 2 N–H and O–H groups in total. The van der Waals surface area contributed by atoms with E-state index in [1.165, 1.54) is 0 Å². The molecule has 0 bridgehead atoms. The molecule has 0 aliphatic heterocycles. The molecule has 0 aromatic rings. The zero-order valence-electron chi connectivity index (χ0n) is 9.91. The van der Waals surface area contributed by atoms with Crippen molar-refractivity contribution < 1.29 is 14.7 Å². The van der Waals surface area contributed by atoms with Gasteiger partial charge in [0.1, 0.15) is 6.04 Å².